The minimum absolute atomic E-state index is 0.214. The van der Waals surface area contributed by atoms with E-state index < -0.39 is 5.97 Å². The predicted molar refractivity (Wildman–Crippen MR) is 76.2 cm³/mol. The van der Waals surface area contributed by atoms with Gasteiger partial charge in [-0.1, -0.05) is 0 Å². The summed E-state index contributed by atoms with van der Waals surface area (Å²) in [5, 5.41) is 11.4. The molecule has 1 rings (SSSR count). The van der Waals surface area contributed by atoms with Crippen molar-refractivity contribution in [3.05, 3.63) is 35.7 Å². The van der Waals surface area contributed by atoms with Crippen LogP contribution in [0.5, 0.6) is 0 Å². The van der Waals surface area contributed by atoms with Crippen molar-refractivity contribution in [2.45, 2.75) is 6.42 Å². The molecule has 0 saturated carbocycles. The van der Waals surface area contributed by atoms with E-state index in [9.17, 15) is 9.59 Å². The molecule has 0 aliphatic heterocycles. The highest BCUT2D eigenvalue weighted by Crippen LogP contribution is 2.09. The Hall–Kier alpha value is -1.82. The lowest BCUT2D eigenvalue weighted by molar-refractivity contribution is -0.131. The van der Waals surface area contributed by atoms with Gasteiger partial charge in [-0.25, -0.2) is 4.79 Å². The maximum atomic E-state index is 11.9. The lowest BCUT2D eigenvalue weighted by atomic mass is 10.1. The average Bonchev–Trinajstić information content (AvgIpc) is 2.41. The van der Waals surface area contributed by atoms with Gasteiger partial charge in [-0.2, -0.15) is 11.8 Å². The zero-order valence-corrected chi connectivity index (χ0v) is 11.4. The molecule has 0 aromatic carbocycles. The van der Waals surface area contributed by atoms with E-state index in [1.807, 2.05) is 6.26 Å². The van der Waals surface area contributed by atoms with Crippen molar-refractivity contribution in [2.75, 3.05) is 18.6 Å². The summed E-state index contributed by atoms with van der Waals surface area (Å²) >= 11 is 1.73. The third-order valence-corrected chi connectivity index (χ3v) is 3.01. The molecule has 1 heterocycles. The van der Waals surface area contributed by atoms with E-state index in [-0.39, 0.29) is 5.91 Å². The Kier molecular flexibility index (Phi) is 6.67. The molecule has 5 nitrogen and oxygen atoms in total. The summed E-state index contributed by atoms with van der Waals surface area (Å²) in [5.41, 5.74) is 0.920. The molecule has 0 fully saturated rings. The summed E-state index contributed by atoms with van der Waals surface area (Å²) < 4.78 is 0. The molecule has 0 bridgehead atoms. The summed E-state index contributed by atoms with van der Waals surface area (Å²) in [7, 11) is 0. The van der Waals surface area contributed by atoms with Crippen LogP contribution in [0.3, 0.4) is 0 Å². The second kappa shape index (κ2) is 8.31. The summed E-state index contributed by atoms with van der Waals surface area (Å²) in [6.45, 7) is 0.601. The Morgan fingerprint density at radius 2 is 2.32 bits per heavy atom. The van der Waals surface area contributed by atoms with E-state index in [1.165, 1.54) is 18.5 Å². The number of carbonyl (C=O) groups excluding carboxylic acids is 1. The number of aromatic nitrogens is 1. The molecular weight excluding hydrogens is 264 g/mol. The smallest absolute Gasteiger partial charge is 0.328 e. The van der Waals surface area contributed by atoms with Crippen LogP contribution in [0.25, 0.3) is 6.08 Å². The van der Waals surface area contributed by atoms with Crippen LogP contribution in [0.2, 0.25) is 0 Å². The third kappa shape index (κ3) is 5.56. The van der Waals surface area contributed by atoms with Crippen LogP contribution in [0, 0.1) is 0 Å². The molecule has 0 aliphatic rings. The summed E-state index contributed by atoms with van der Waals surface area (Å²) in [6.07, 6.45) is 8.25. The zero-order chi connectivity index (χ0) is 14.1. The van der Waals surface area contributed by atoms with E-state index in [4.69, 9.17) is 5.11 Å². The van der Waals surface area contributed by atoms with Crippen molar-refractivity contribution in [3.63, 3.8) is 0 Å². The fourth-order valence-electron chi connectivity index (χ4n) is 1.42. The lowest BCUT2D eigenvalue weighted by Gasteiger charge is -2.06. The largest absolute Gasteiger partial charge is 0.478 e. The first-order valence-corrected chi connectivity index (χ1v) is 7.16. The standard InChI is InChI=1S/C13H16N2O3S/c1-19-8-2-6-15-13(18)11-5-7-14-9-10(11)3-4-12(16)17/h3-5,7,9H,2,6,8H2,1H3,(H,15,18)(H,16,17). The van der Waals surface area contributed by atoms with Gasteiger partial charge in [0.25, 0.3) is 5.91 Å². The number of nitrogens with one attached hydrogen (secondary N) is 1. The number of carboxylic acid groups (broad SMARTS) is 1. The molecule has 0 unspecified atom stereocenters. The maximum Gasteiger partial charge on any atom is 0.328 e. The fraction of sp³-hybridized carbons (Fsp3) is 0.308. The molecule has 1 aromatic heterocycles. The number of rotatable bonds is 7. The van der Waals surface area contributed by atoms with Crippen molar-refractivity contribution in [2.24, 2.45) is 0 Å². The highest BCUT2D eigenvalue weighted by Gasteiger charge is 2.09. The summed E-state index contributed by atoms with van der Waals surface area (Å²) in [6, 6.07) is 1.57. The van der Waals surface area contributed by atoms with Crippen LogP contribution >= 0.6 is 11.8 Å². The quantitative estimate of drug-likeness (QED) is 0.586. The van der Waals surface area contributed by atoms with Gasteiger partial charge in [-0.05, 0) is 30.6 Å². The molecule has 1 aromatic rings. The number of hydrogen-bond donors (Lipinski definition) is 2. The van der Waals surface area contributed by atoms with Crippen molar-refractivity contribution in [1.82, 2.24) is 10.3 Å². The minimum atomic E-state index is -1.06. The molecule has 19 heavy (non-hydrogen) atoms. The number of carbonyl (C=O) groups is 2. The Morgan fingerprint density at radius 1 is 1.53 bits per heavy atom. The van der Waals surface area contributed by atoms with Gasteiger partial charge in [0, 0.05) is 36.1 Å². The van der Waals surface area contributed by atoms with Gasteiger partial charge in [-0.3, -0.25) is 9.78 Å². The first-order valence-electron chi connectivity index (χ1n) is 5.77. The number of thioether (sulfide) groups is 1. The maximum absolute atomic E-state index is 11.9. The molecule has 6 heteroatoms. The molecule has 0 saturated heterocycles. The Bertz CT molecular complexity index is 475. The molecule has 0 aliphatic carbocycles. The van der Waals surface area contributed by atoms with Crippen LogP contribution < -0.4 is 5.32 Å². The number of pyridine rings is 1. The first-order chi connectivity index (χ1) is 9.15. The van der Waals surface area contributed by atoms with E-state index in [2.05, 4.69) is 10.3 Å². The van der Waals surface area contributed by atoms with Gasteiger partial charge in [0.15, 0.2) is 0 Å². The number of amides is 1. The zero-order valence-electron chi connectivity index (χ0n) is 10.6. The topological polar surface area (TPSA) is 79.3 Å². The molecule has 0 spiro atoms. The Balaban J connectivity index is 2.71. The number of nitrogens with zero attached hydrogens (tertiary/aromatic N) is 1. The van der Waals surface area contributed by atoms with E-state index >= 15 is 0 Å². The Labute approximate surface area is 116 Å². The van der Waals surface area contributed by atoms with Gasteiger partial charge in [-0.15, -0.1) is 0 Å². The molecule has 0 atom stereocenters. The monoisotopic (exact) mass is 280 g/mol. The van der Waals surface area contributed by atoms with Gasteiger partial charge in [0.05, 0.1) is 0 Å². The minimum Gasteiger partial charge on any atom is -0.478 e. The molecule has 102 valence electrons. The number of carboxylic acids is 1. The highest BCUT2D eigenvalue weighted by molar-refractivity contribution is 7.98. The van der Waals surface area contributed by atoms with E-state index in [0.717, 1.165) is 18.2 Å². The first kappa shape index (κ1) is 15.2. The van der Waals surface area contributed by atoms with Crippen molar-refractivity contribution in [1.29, 1.82) is 0 Å². The van der Waals surface area contributed by atoms with Crippen LogP contribution in [-0.2, 0) is 4.79 Å². The highest BCUT2D eigenvalue weighted by atomic mass is 32.2. The van der Waals surface area contributed by atoms with Crippen LogP contribution in [0.15, 0.2) is 24.5 Å². The Morgan fingerprint density at radius 3 is 3.00 bits per heavy atom. The van der Waals surface area contributed by atoms with Crippen LogP contribution in [0.1, 0.15) is 22.3 Å². The lowest BCUT2D eigenvalue weighted by Crippen LogP contribution is -2.25. The number of hydrogen-bond acceptors (Lipinski definition) is 4. The third-order valence-electron chi connectivity index (χ3n) is 2.31. The van der Waals surface area contributed by atoms with E-state index in [1.54, 1.807) is 17.8 Å². The SMILES string of the molecule is CSCCCNC(=O)c1ccncc1C=CC(=O)O. The molecule has 0 radical (unpaired) electrons. The van der Waals surface area contributed by atoms with Crippen LogP contribution in [0.4, 0.5) is 0 Å². The fourth-order valence-corrected chi connectivity index (χ4v) is 1.85. The molecule has 1 amide bonds. The van der Waals surface area contributed by atoms with Gasteiger partial charge < -0.3 is 10.4 Å². The van der Waals surface area contributed by atoms with Crippen molar-refractivity contribution in [3.8, 4) is 0 Å². The molecular formula is C13H16N2O3S. The van der Waals surface area contributed by atoms with Crippen molar-refractivity contribution >= 4 is 29.7 Å². The van der Waals surface area contributed by atoms with Gasteiger partial charge in [0.1, 0.15) is 0 Å². The predicted octanol–water partition coefficient (Wildman–Crippen LogP) is 1.66. The average molecular weight is 280 g/mol. The van der Waals surface area contributed by atoms with Gasteiger partial charge >= 0.3 is 5.97 Å². The second-order valence-electron chi connectivity index (χ2n) is 3.74. The summed E-state index contributed by atoms with van der Waals surface area (Å²) in [5.74, 6) is -0.286. The number of aliphatic carboxylic acids is 1. The normalized spacial score (nSPS) is 10.6. The van der Waals surface area contributed by atoms with Crippen LogP contribution in [-0.4, -0.2) is 40.5 Å². The summed E-state index contributed by atoms with van der Waals surface area (Å²) in [4.78, 5) is 26.3. The van der Waals surface area contributed by atoms with Gasteiger partial charge in [0.2, 0.25) is 0 Å². The molecule has 2 N–H and O–H groups in total. The second-order valence-corrected chi connectivity index (χ2v) is 4.72. The van der Waals surface area contributed by atoms with E-state index in [0.29, 0.717) is 17.7 Å². The van der Waals surface area contributed by atoms with Crippen molar-refractivity contribution < 1.29 is 14.7 Å².